The van der Waals surface area contributed by atoms with Crippen molar-refractivity contribution < 1.29 is 24.2 Å². The van der Waals surface area contributed by atoms with E-state index >= 15 is 0 Å². The molecule has 0 aromatic heterocycles. The standard InChI is InChI=1S/C10H19N3O5/c1-10(2,3)18-9(17)13-5-7(14)12-4-6(11)8(15)16/h6H,4-5,11H2,1-3H3,(H,12,14)(H,13,17)(H,15,16). The minimum Gasteiger partial charge on any atom is -0.480 e. The monoisotopic (exact) mass is 261 g/mol. The van der Waals surface area contributed by atoms with E-state index in [1.54, 1.807) is 20.8 Å². The lowest BCUT2D eigenvalue weighted by Gasteiger charge is -2.19. The fraction of sp³-hybridized carbons (Fsp3) is 0.700. The average molecular weight is 261 g/mol. The van der Waals surface area contributed by atoms with E-state index in [2.05, 4.69) is 10.6 Å². The summed E-state index contributed by atoms with van der Waals surface area (Å²) in [6.45, 7) is 4.57. The molecule has 0 rings (SSSR count). The fourth-order valence-electron chi connectivity index (χ4n) is 0.840. The molecule has 0 heterocycles. The number of alkyl carbamates (subject to hydrolysis) is 1. The third-order valence-corrected chi connectivity index (χ3v) is 1.63. The van der Waals surface area contributed by atoms with E-state index in [1.807, 2.05) is 0 Å². The molecular formula is C10H19N3O5. The van der Waals surface area contributed by atoms with Gasteiger partial charge in [-0.05, 0) is 20.8 Å². The summed E-state index contributed by atoms with van der Waals surface area (Å²) in [5, 5.41) is 13.0. The van der Waals surface area contributed by atoms with Crippen LogP contribution < -0.4 is 16.4 Å². The predicted octanol–water partition coefficient (Wildman–Crippen LogP) is -0.961. The van der Waals surface area contributed by atoms with Crippen LogP contribution in [0.2, 0.25) is 0 Å². The molecule has 0 bridgehead atoms. The summed E-state index contributed by atoms with van der Waals surface area (Å²) in [5.74, 6) is -1.76. The van der Waals surface area contributed by atoms with Crippen LogP contribution in [-0.4, -0.2) is 47.8 Å². The Hall–Kier alpha value is -1.83. The van der Waals surface area contributed by atoms with Gasteiger partial charge in [0.2, 0.25) is 5.91 Å². The Morgan fingerprint density at radius 3 is 2.28 bits per heavy atom. The van der Waals surface area contributed by atoms with E-state index in [4.69, 9.17) is 15.6 Å². The molecule has 0 aliphatic rings. The third-order valence-electron chi connectivity index (χ3n) is 1.63. The molecule has 0 radical (unpaired) electrons. The maximum Gasteiger partial charge on any atom is 0.408 e. The Kier molecular flexibility index (Phi) is 6.11. The second-order valence-electron chi connectivity index (χ2n) is 4.60. The van der Waals surface area contributed by atoms with Gasteiger partial charge in [-0.1, -0.05) is 0 Å². The highest BCUT2D eigenvalue weighted by atomic mass is 16.6. The molecule has 0 aliphatic carbocycles. The Labute approximate surface area is 105 Å². The van der Waals surface area contributed by atoms with E-state index in [1.165, 1.54) is 0 Å². The molecule has 104 valence electrons. The van der Waals surface area contributed by atoms with Crippen molar-refractivity contribution in [3.8, 4) is 0 Å². The Balaban J connectivity index is 3.84. The molecule has 0 fully saturated rings. The number of rotatable bonds is 5. The molecule has 5 N–H and O–H groups in total. The number of amides is 2. The van der Waals surface area contributed by atoms with Crippen LogP contribution in [0.3, 0.4) is 0 Å². The molecule has 0 saturated carbocycles. The maximum absolute atomic E-state index is 11.2. The van der Waals surface area contributed by atoms with Gasteiger partial charge in [-0.25, -0.2) is 4.79 Å². The van der Waals surface area contributed by atoms with Crippen LogP contribution in [-0.2, 0) is 14.3 Å². The molecule has 1 unspecified atom stereocenters. The van der Waals surface area contributed by atoms with Gasteiger partial charge in [0, 0.05) is 6.54 Å². The maximum atomic E-state index is 11.2. The zero-order chi connectivity index (χ0) is 14.3. The van der Waals surface area contributed by atoms with Crippen molar-refractivity contribution in [2.45, 2.75) is 32.4 Å². The van der Waals surface area contributed by atoms with Crippen molar-refractivity contribution >= 4 is 18.0 Å². The highest BCUT2D eigenvalue weighted by Crippen LogP contribution is 2.05. The number of carbonyl (C=O) groups is 3. The van der Waals surface area contributed by atoms with E-state index in [9.17, 15) is 14.4 Å². The fourth-order valence-corrected chi connectivity index (χ4v) is 0.840. The Morgan fingerprint density at radius 1 is 1.28 bits per heavy atom. The number of carbonyl (C=O) groups excluding carboxylic acids is 2. The SMILES string of the molecule is CC(C)(C)OC(=O)NCC(=O)NCC(N)C(=O)O. The first-order chi connectivity index (χ1) is 8.11. The number of carboxylic acids is 1. The zero-order valence-corrected chi connectivity index (χ0v) is 10.6. The molecule has 8 nitrogen and oxygen atoms in total. The third kappa shape index (κ3) is 8.34. The van der Waals surface area contributed by atoms with Crippen LogP contribution >= 0.6 is 0 Å². The summed E-state index contributed by atoms with van der Waals surface area (Å²) in [7, 11) is 0. The number of hydrogen-bond donors (Lipinski definition) is 4. The first-order valence-corrected chi connectivity index (χ1v) is 5.34. The molecule has 0 saturated heterocycles. The van der Waals surface area contributed by atoms with Crippen LogP contribution in [0.5, 0.6) is 0 Å². The van der Waals surface area contributed by atoms with E-state index < -0.39 is 29.6 Å². The molecule has 0 aromatic rings. The number of nitrogens with two attached hydrogens (primary N) is 1. The van der Waals surface area contributed by atoms with Gasteiger partial charge in [-0.3, -0.25) is 9.59 Å². The minimum atomic E-state index is -1.21. The van der Waals surface area contributed by atoms with Gasteiger partial charge >= 0.3 is 12.1 Å². The van der Waals surface area contributed by atoms with Crippen molar-refractivity contribution in [3.63, 3.8) is 0 Å². The largest absolute Gasteiger partial charge is 0.480 e. The van der Waals surface area contributed by atoms with Gasteiger partial charge < -0.3 is 26.2 Å². The van der Waals surface area contributed by atoms with E-state index in [0.29, 0.717) is 0 Å². The second-order valence-corrected chi connectivity index (χ2v) is 4.60. The van der Waals surface area contributed by atoms with Crippen molar-refractivity contribution in [1.82, 2.24) is 10.6 Å². The topological polar surface area (TPSA) is 131 Å². The van der Waals surface area contributed by atoms with Crippen LogP contribution in [0.25, 0.3) is 0 Å². The Bertz CT molecular complexity index is 324. The lowest BCUT2D eigenvalue weighted by atomic mass is 10.2. The van der Waals surface area contributed by atoms with Crippen molar-refractivity contribution in [2.24, 2.45) is 5.73 Å². The molecule has 0 aromatic carbocycles. The van der Waals surface area contributed by atoms with Gasteiger partial charge in [0.05, 0.1) is 6.54 Å². The summed E-state index contributed by atoms with van der Waals surface area (Å²) in [4.78, 5) is 32.8. The van der Waals surface area contributed by atoms with Crippen molar-refractivity contribution in [2.75, 3.05) is 13.1 Å². The van der Waals surface area contributed by atoms with Crippen molar-refractivity contribution in [1.29, 1.82) is 0 Å². The molecule has 0 aliphatic heterocycles. The number of aliphatic carboxylic acids is 1. The van der Waals surface area contributed by atoms with Crippen LogP contribution in [0.15, 0.2) is 0 Å². The van der Waals surface area contributed by atoms with Gasteiger partial charge in [0.15, 0.2) is 0 Å². The number of carboxylic acid groups (broad SMARTS) is 1. The van der Waals surface area contributed by atoms with E-state index in [0.717, 1.165) is 0 Å². The predicted molar refractivity (Wildman–Crippen MR) is 62.9 cm³/mol. The highest BCUT2D eigenvalue weighted by Gasteiger charge is 2.17. The number of hydrogen-bond acceptors (Lipinski definition) is 5. The lowest BCUT2D eigenvalue weighted by molar-refractivity contribution is -0.138. The lowest BCUT2D eigenvalue weighted by Crippen LogP contribution is -2.46. The van der Waals surface area contributed by atoms with Gasteiger partial charge in [-0.15, -0.1) is 0 Å². The van der Waals surface area contributed by atoms with Crippen molar-refractivity contribution in [3.05, 3.63) is 0 Å². The second kappa shape index (κ2) is 6.80. The first-order valence-electron chi connectivity index (χ1n) is 5.34. The number of nitrogens with one attached hydrogen (secondary N) is 2. The summed E-state index contributed by atoms with van der Waals surface area (Å²) in [6, 6.07) is -1.17. The van der Waals surface area contributed by atoms with Gasteiger partial charge in [-0.2, -0.15) is 0 Å². The smallest absolute Gasteiger partial charge is 0.408 e. The summed E-state index contributed by atoms with van der Waals surface area (Å²) < 4.78 is 4.90. The average Bonchev–Trinajstić information content (AvgIpc) is 2.20. The van der Waals surface area contributed by atoms with Crippen LogP contribution in [0.1, 0.15) is 20.8 Å². The van der Waals surface area contributed by atoms with Gasteiger partial charge in [0.1, 0.15) is 11.6 Å². The molecule has 1 atom stereocenters. The summed E-state index contributed by atoms with van der Waals surface area (Å²) in [6.07, 6.45) is -0.722. The first kappa shape index (κ1) is 16.2. The van der Waals surface area contributed by atoms with E-state index in [-0.39, 0.29) is 13.1 Å². The summed E-state index contributed by atoms with van der Waals surface area (Å²) >= 11 is 0. The van der Waals surface area contributed by atoms with Gasteiger partial charge in [0.25, 0.3) is 0 Å². The van der Waals surface area contributed by atoms with Crippen LogP contribution in [0.4, 0.5) is 4.79 Å². The molecule has 2 amide bonds. The highest BCUT2D eigenvalue weighted by molar-refractivity contribution is 5.83. The summed E-state index contributed by atoms with van der Waals surface area (Å²) in [5.41, 5.74) is 4.53. The molecule has 8 heteroatoms. The Morgan fingerprint density at radius 2 is 1.83 bits per heavy atom. The normalized spacial score (nSPS) is 12.4. The molecular weight excluding hydrogens is 242 g/mol. The minimum absolute atomic E-state index is 0.204. The zero-order valence-electron chi connectivity index (χ0n) is 10.6. The number of ether oxygens (including phenoxy) is 1. The molecule has 0 spiro atoms. The quantitative estimate of drug-likeness (QED) is 0.504. The van der Waals surface area contributed by atoms with Crippen LogP contribution in [0, 0.1) is 0 Å². The molecule has 18 heavy (non-hydrogen) atoms.